The van der Waals surface area contributed by atoms with Crippen LogP contribution in [0.15, 0.2) is 42.6 Å². The summed E-state index contributed by atoms with van der Waals surface area (Å²) in [6, 6.07) is 5.01. The van der Waals surface area contributed by atoms with Gasteiger partial charge in [0.2, 0.25) is 27.7 Å². The predicted octanol–water partition coefficient (Wildman–Crippen LogP) is 3.50. The molecule has 0 bridgehead atoms. The van der Waals surface area contributed by atoms with Gasteiger partial charge < -0.3 is 30.1 Å². The number of rotatable bonds is 8. The number of allylic oxidation sites excluding steroid dienone is 1. The lowest BCUT2D eigenvalue weighted by atomic mass is 9.88. The van der Waals surface area contributed by atoms with Gasteiger partial charge in [0.05, 0.1) is 17.9 Å². The maximum Gasteiger partial charge on any atom is 0.405 e. The van der Waals surface area contributed by atoms with Gasteiger partial charge in [-0.2, -0.15) is 0 Å². The molecule has 15 heteroatoms. The van der Waals surface area contributed by atoms with Gasteiger partial charge in [0.15, 0.2) is 0 Å². The van der Waals surface area contributed by atoms with E-state index < -0.39 is 74.1 Å². The molecule has 2 unspecified atom stereocenters. The number of aromatic nitrogens is 1. The van der Waals surface area contributed by atoms with Crippen LogP contribution in [0, 0.1) is 17.8 Å². The highest BCUT2D eigenvalue weighted by atomic mass is 32.2. The van der Waals surface area contributed by atoms with Crippen molar-refractivity contribution in [2.75, 3.05) is 13.2 Å². The molecule has 2 aliphatic carbocycles. The number of pyridine rings is 1. The molecule has 4 N–H and O–H groups in total. The molecule has 3 fully saturated rings. The Labute approximate surface area is 297 Å². The van der Waals surface area contributed by atoms with E-state index in [1.165, 1.54) is 4.90 Å². The van der Waals surface area contributed by atoms with E-state index >= 15 is 0 Å². The minimum Gasteiger partial charge on any atom is -0.494 e. The molecule has 7 atom stereocenters. The number of fused-ring (bicyclic) bond motifs is 3. The molecular weight excluding hydrogens is 678 g/mol. The molecule has 3 heterocycles. The fourth-order valence-electron chi connectivity index (χ4n) is 7.37. The molecule has 2 aliphatic heterocycles. The summed E-state index contributed by atoms with van der Waals surface area (Å²) < 4.78 is 39.4. The number of hydrogen-bond acceptors (Lipinski definition) is 9. The number of carbonyl (C=O) groups is 4. The van der Waals surface area contributed by atoms with Crippen LogP contribution in [0.25, 0.3) is 10.8 Å². The molecule has 4 aliphatic rings. The third-order valence-electron chi connectivity index (χ3n) is 10.8. The first-order valence-electron chi connectivity index (χ1n) is 17.7. The zero-order valence-electron chi connectivity index (χ0n) is 29.4. The number of amides is 4. The molecule has 4 amide bonds. The summed E-state index contributed by atoms with van der Waals surface area (Å²) in [6.45, 7) is 7.76. The van der Waals surface area contributed by atoms with Crippen molar-refractivity contribution < 1.29 is 42.2 Å². The van der Waals surface area contributed by atoms with Crippen molar-refractivity contribution in [2.24, 2.45) is 17.8 Å². The van der Waals surface area contributed by atoms with E-state index in [1.54, 1.807) is 19.2 Å². The van der Waals surface area contributed by atoms with E-state index in [4.69, 9.17) is 9.47 Å². The van der Waals surface area contributed by atoms with Gasteiger partial charge in [-0.15, -0.1) is 0 Å². The topological polar surface area (TPSA) is 193 Å². The van der Waals surface area contributed by atoms with Gasteiger partial charge in [0.1, 0.15) is 29.5 Å². The largest absolute Gasteiger partial charge is 0.494 e. The van der Waals surface area contributed by atoms with E-state index in [2.05, 4.69) is 20.3 Å². The first-order valence-corrected chi connectivity index (χ1v) is 19.2. The lowest BCUT2D eigenvalue weighted by Gasteiger charge is -2.32. The second kappa shape index (κ2) is 14.0. The van der Waals surface area contributed by atoms with Crippen molar-refractivity contribution in [3.05, 3.63) is 42.6 Å². The first-order chi connectivity index (χ1) is 24.2. The highest BCUT2D eigenvalue weighted by Gasteiger charge is 2.63. The van der Waals surface area contributed by atoms with Crippen molar-refractivity contribution in [1.82, 2.24) is 25.2 Å². The molecule has 0 radical (unpaired) electrons. The summed E-state index contributed by atoms with van der Waals surface area (Å²) in [4.78, 5) is 60.1. The van der Waals surface area contributed by atoms with E-state index in [9.17, 15) is 32.7 Å². The highest BCUT2D eigenvalue weighted by molar-refractivity contribution is 7.91. The maximum atomic E-state index is 14.3. The Morgan fingerprint density at radius 3 is 2.63 bits per heavy atom. The maximum absolute atomic E-state index is 14.3. The van der Waals surface area contributed by atoms with Gasteiger partial charge in [0.25, 0.3) is 5.91 Å². The zero-order chi connectivity index (χ0) is 36.7. The van der Waals surface area contributed by atoms with Gasteiger partial charge in [-0.25, -0.2) is 18.2 Å². The minimum absolute atomic E-state index is 0.0197. The van der Waals surface area contributed by atoms with Crippen molar-refractivity contribution >= 4 is 44.6 Å². The van der Waals surface area contributed by atoms with Gasteiger partial charge in [0, 0.05) is 23.9 Å². The monoisotopic (exact) mass is 725 g/mol. The Bertz CT molecular complexity index is 1850. The first kappa shape index (κ1) is 36.4. The van der Waals surface area contributed by atoms with Crippen LogP contribution in [0.5, 0.6) is 11.6 Å². The van der Waals surface area contributed by atoms with E-state index in [0.717, 1.165) is 11.8 Å². The van der Waals surface area contributed by atoms with Crippen LogP contribution in [0.4, 0.5) is 4.79 Å². The van der Waals surface area contributed by atoms with Crippen molar-refractivity contribution in [2.45, 2.75) is 101 Å². The average Bonchev–Trinajstić information content (AvgIpc) is 3.95. The predicted molar refractivity (Wildman–Crippen MR) is 187 cm³/mol. The van der Waals surface area contributed by atoms with Gasteiger partial charge >= 0.3 is 6.09 Å². The molecule has 2 aromatic rings. The fraction of sp³-hybridized carbons (Fsp3) is 0.583. The average molecular weight is 726 g/mol. The van der Waals surface area contributed by atoms with Crippen LogP contribution >= 0.6 is 0 Å². The molecule has 2 saturated carbocycles. The van der Waals surface area contributed by atoms with E-state index in [0.29, 0.717) is 49.3 Å². The third-order valence-corrected chi connectivity index (χ3v) is 13.0. The molecule has 1 saturated heterocycles. The zero-order valence-corrected chi connectivity index (χ0v) is 30.2. The number of carboxylic acid groups (broad SMARTS) is 1. The normalized spacial score (nSPS) is 31.2. The minimum atomic E-state index is -3.99. The number of carbonyl (C=O) groups excluding carboxylic acids is 3. The SMILES string of the molecule is CCOc1ccc2c(O[C@@H]3C[C@H]4C(=O)NC5(C(=O)NS(=O)(=O)C6(C)CC6)CC5/C=C\CC[C@@H](C)C[C@@H](C)[C@H](NC(=O)O)C(=O)N4C3)nccc2c1. The number of ether oxygens (including phenoxy) is 2. The number of nitrogens with zero attached hydrogens (tertiary/aromatic N) is 2. The lowest BCUT2D eigenvalue weighted by molar-refractivity contribution is -0.142. The van der Waals surface area contributed by atoms with Crippen LogP contribution in [-0.4, -0.2) is 88.8 Å². The Balaban J connectivity index is 1.33. The Hall–Kier alpha value is -4.40. The summed E-state index contributed by atoms with van der Waals surface area (Å²) in [5.74, 6) is -1.81. The third kappa shape index (κ3) is 7.49. The van der Waals surface area contributed by atoms with Gasteiger partial charge in [-0.1, -0.05) is 26.0 Å². The summed E-state index contributed by atoms with van der Waals surface area (Å²) in [5, 5.41) is 16.5. The second-order valence-electron chi connectivity index (χ2n) is 14.8. The van der Waals surface area contributed by atoms with Crippen molar-refractivity contribution in [1.29, 1.82) is 0 Å². The van der Waals surface area contributed by atoms with E-state index in [-0.39, 0.29) is 25.3 Å². The summed E-state index contributed by atoms with van der Waals surface area (Å²) in [5.41, 5.74) is -1.53. The Morgan fingerprint density at radius 2 is 1.92 bits per heavy atom. The molecule has 6 rings (SSSR count). The standard InChI is InChI=1S/C36H47N5O9S/c1-5-49-25-10-11-27-23(17-25)12-15-37-31(27)50-26-18-28-30(42)39-36(33(44)40-51(47,48)35(4)13-14-35)19-24(36)9-7-6-8-21(2)16-22(3)29(38-34(45)46)32(43)41(28)20-26/h7,9-12,15,17,21-22,24,26,28-29,38H,5-6,8,13-14,16,18-20H2,1-4H3,(H,39,42)(H,40,44)(H,45,46)/b9-7-/t21-,22-,24?,26-,28+,29+,36?/m1/s1. The number of nitrogens with one attached hydrogen (secondary N) is 3. The molecule has 0 spiro atoms. The van der Waals surface area contributed by atoms with E-state index in [1.807, 2.05) is 51.1 Å². The number of hydrogen-bond donors (Lipinski definition) is 4. The van der Waals surface area contributed by atoms with Crippen molar-refractivity contribution in [3.63, 3.8) is 0 Å². The number of sulfonamides is 1. The highest BCUT2D eigenvalue weighted by Crippen LogP contribution is 2.47. The Morgan fingerprint density at radius 1 is 1.16 bits per heavy atom. The van der Waals surface area contributed by atoms with Crippen LogP contribution < -0.4 is 24.8 Å². The smallest absolute Gasteiger partial charge is 0.405 e. The molecule has 14 nitrogen and oxygen atoms in total. The van der Waals surface area contributed by atoms with Crippen LogP contribution in [0.3, 0.4) is 0 Å². The Kier molecular flexibility index (Phi) is 9.96. The molecule has 51 heavy (non-hydrogen) atoms. The van der Waals surface area contributed by atoms with Gasteiger partial charge in [-0.05, 0) is 93.9 Å². The molecular formula is C36H47N5O9S. The summed E-state index contributed by atoms with van der Waals surface area (Å²) >= 11 is 0. The van der Waals surface area contributed by atoms with Gasteiger partial charge in [-0.3, -0.25) is 19.1 Å². The number of benzene rings is 1. The summed E-state index contributed by atoms with van der Waals surface area (Å²) in [7, 11) is -3.99. The quantitative estimate of drug-likeness (QED) is 0.293. The molecule has 276 valence electrons. The molecule has 1 aromatic carbocycles. The van der Waals surface area contributed by atoms with Crippen molar-refractivity contribution in [3.8, 4) is 11.6 Å². The molecule has 1 aromatic heterocycles. The van der Waals surface area contributed by atoms with Crippen LogP contribution in [-0.2, 0) is 24.4 Å². The lowest BCUT2D eigenvalue weighted by Crippen LogP contribution is -2.59. The second-order valence-corrected chi connectivity index (χ2v) is 17.0. The van der Waals surface area contributed by atoms with Crippen LogP contribution in [0.2, 0.25) is 0 Å². The van der Waals surface area contributed by atoms with Crippen LogP contribution in [0.1, 0.15) is 72.6 Å². The fourth-order valence-corrected chi connectivity index (χ4v) is 8.68. The summed E-state index contributed by atoms with van der Waals surface area (Å²) in [6.07, 6.45) is 6.30.